The zero-order chi connectivity index (χ0) is 17.8. The van der Waals surface area contributed by atoms with Crippen LogP contribution < -0.4 is 0 Å². The van der Waals surface area contributed by atoms with Crippen LogP contribution in [0.25, 0.3) is 0 Å². The van der Waals surface area contributed by atoms with E-state index in [1.807, 2.05) is 51.1 Å². The van der Waals surface area contributed by atoms with Crippen molar-refractivity contribution in [3.8, 4) is 0 Å². The van der Waals surface area contributed by atoms with Gasteiger partial charge in [0.2, 0.25) is 0 Å². The summed E-state index contributed by atoms with van der Waals surface area (Å²) >= 11 is 0. The number of hydrogen-bond donors (Lipinski definition) is 1. The Kier molecular flexibility index (Phi) is 10.6. The highest BCUT2D eigenvalue weighted by Gasteiger charge is 2.07. The number of ether oxygens (including phenoxy) is 1. The molecule has 3 nitrogen and oxygen atoms in total. The third-order valence-electron chi connectivity index (χ3n) is 3.10. The Morgan fingerprint density at radius 2 is 1.39 bits per heavy atom. The molecule has 0 aliphatic rings. The molecular weight excluding hydrogens is 288 g/mol. The van der Waals surface area contributed by atoms with Crippen molar-refractivity contribution in [2.75, 3.05) is 13.9 Å². The smallest absolute Gasteiger partial charge is 0.160 e. The largest absolute Gasteiger partial charge is 0.371 e. The van der Waals surface area contributed by atoms with E-state index in [1.54, 1.807) is 6.92 Å². The predicted octanol–water partition coefficient (Wildman–Crippen LogP) is 4.39. The van der Waals surface area contributed by atoms with Gasteiger partial charge in [-0.25, -0.2) is 0 Å². The van der Waals surface area contributed by atoms with Crippen LogP contribution in [0.2, 0.25) is 0 Å². The maximum Gasteiger partial charge on any atom is 0.160 e. The van der Waals surface area contributed by atoms with Crippen LogP contribution in [0.1, 0.15) is 39.5 Å². The van der Waals surface area contributed by atoms with Gasteiger partial charge in [-0.2, -0.15) is 0 Å². The van der Waals surface area contributed by atoms with Crippen molar-refractivity contribution >= 4 is 5.78 Å². The summed E-state index contributed by atoms with van der Waals surface area (Å²) in [5.41, 5.74) is 5.58. The van der Waals surface area contributed by atoms with Gasteiger partial charge in [0, 0.05) is 12.7 Å². The Bertz CT molecular complexity index is 564. The molecule has 0 aliphatic heterocycles. The summed E-state index contributed by atoms with van der Waals surface area (Å²) in [6.45, 7) is 9.53. The first-order valence-electron chi connectivity index (χ1n) is 7.53. The van der Waals surface area contributed by atoms with Crippen molar-refractivity contribution in [3.63, 3.8) is 0 Å². The molecule has 23 heavy (non-hydrogen) atoms. The number of carbonyl (C=O) groups excluding carboxylic acids is 1. The maximum absolute atomic E-state index is 11.2. The molecule has 0 fully saturated rings. The second-order valence-corrected chi connectivity index (χ2v) is 5.40. The molecule has 126 valence electrons. The van der Waals surface area contributed by atoms with Gasteiger partial charge in [0.15, 0.2) is 5.78 Å². The van der Waals surface area contributed by atoms with Gasteiger partial charge < -0.3 is 9.84 Å². The SMILES string of the molecule is CC(=O)c1c(C)cc(C)cc1C.COCO.Cc1ccccc1. The van der Waals surface area contributed by atoms with E-state index < -0.39 is 0 Å². The van der Waals surface area contributed by atoms with Crippen molar-refractivity contribution in [1.29, 1.82) is 0 Å². The summed E-state index contributed by atoms with van der Waals surface area (Å²) in [5, 5.41) is 7.65. The minimum absolute atomic E-state index is 0.157. The van der Waals surface area contributed by atoms with Gasteiger partial charge in [0.1, 0.15) is 6.79 Å². The van der Waals surface area contributed by atoms with E-state index in [0.717, 1.165) is 16.7 Å². The third kappa shape index (κ3) is 8.91. The molecule has 2 aromatic carbocycles. The van der Waals surface area contributed by atoms with Crippen LogP contribution in [0.5, 0.6) is 0 Å². The summed E-state index contributed by atoms with van der Waals surface area (Å²) in [4.78, 5) is 11.2. The summed E-state index contributed by atoms with van der Waals surface area (Å²) in [6, 6.07) is 14.4. The number of aliphatic hydroxyl groups is 1. The molecule has 3 heteroatoms. The number of aryl methyl sites for hydroxylation is 4. The number of methoxy groups -OCH3 is 1. The average Bonchev–Trinajstić information content (AvgIpc) is 2.47. The average molecular weight is 316 g/mol. The van der Waals surface area contributed by atoms with Crippen LogP contribution in [0.3, 0.4) is 0 Å². The van der Waals surface area contributed by atoms with Gasteiger partial charge >= 0.3 is 0 Å². The molecular formula is C20H28O3. The molecule has 0 saturated carbocycles. The van der Waals surface area contributed by atoms with Gasteiger partial charge in [0.25, 0.3) is 0 Å². The molecule has 0 bridgehead atoms. The van der Waals surface area contributed by atoms with Gasteiger partial charge in [-0.15, -0.1) is 0 Å². The van der Waals surface area contributed by atoms with E-state index in [1.165, 1.54) is 18.2 Å². The predicted molar refractivity (Wildman–Crippen MR) is 95.9 cm³/mol. The molecule has 0 aromatic heterocycles. The Hall–Kier alpha value is -1.97. The first-order chi connectivity index (χ1) is 10.8. The lowest BCUT2D eigenvalue weighted by Gasteiger charge is -2.07. The Balaban J connectivity index is 0.000000371. The van der Waals surface area contributed by atoms with Crippen molar-refractivity contribution in [2.24, 2.45) is 0 Å². The zero-order valence-electron chi connectivity index (χ0n) is 15.0. The van der Waals surface area contributed by atoms with E-state index >= 15 is 0 Å². The second-order valence-electron chi connectivity index (χ2n) is 5.40. The Morgan fingerprint density at radius 3 is 1.65 bits per heavy atom. The van der Waals surface area contributed by atoms with Crippen LogP contribution in [0.4, 0.5) is 0 Å². The van der Waals surface area contributed by atoms with Crippen LogP contribution in [0, 0.1) is 27.7 Å². The van der Waals surface area contributed by atoms with E-state index in [9.17, 15) is 4.79 Å². The van der Waals surface area contributed by atoms with Crippen molar-refractivity contribution in [3.05, 3.63) is 70.3 Å². The monoisotopic (exact) mass is 316 g/mol. The third-order valence-corrected chi connectivity index (χ3v) is 3.10. The second kappa shape index (κ2) is 11.6. The van der Waals surface area contributed by atoms with E-state index in [2.05, 4.69) is 23.8 Å². The topological polar surface area (TPSA) is 46.5 Å². The Labute approximate surface area is 139 Å². The normalized spacial score (nSPS) is 9.17. The lowest BCUT2D eigenvalue weighted by atomic mass is 9.97. The number of aliphatic hydroxyl groups excluding tert-OH is 1. The van der Waals surface area contributed by atoms with Gasteiger partial charge in [0.05, 0.1) is 0 Å². The first kappa shape index (κ1) is 21.0. The molecule has 2 rings (SSSR count). The highest BCUT2D eigenvalue weighted by Crippen LogP contribution is 2.16. The van der Waals surface area contributed by atoms with Crippen LogP contribution >= 0.6 is 0 Å². The molecule has 2 aromatic rings. The molecule has 0 heterocycles. The summed E-state index contributed by atoms with van der Waals surface area (Å²) < 4.78 is 4.10. The number of benzene rings is 2. The van der Waals surface area contributed by atoms with Crippen LogP contribution in [-0.2, 0) is 4.74 Å². The maximum atomic E-state index is 11.2. The molecule has 1 N–H and O–H groups in total. The van der Waals surface area contributed by atoms with Gasteiger partial charge in [-0.05, 0) is 45.7 Å². The summed E-state index contributed by atoms with van der Waals surface area (Å²) in [6.07, 6.45) is 0. The summed E-state index contributed by atoms with van der Waals surface area (Å²) in [5.74, 6) is 0.157. The highest BCUT2D eigenvalue weighted by molar-refractivity contribution is 5.97. The van der Waals surface area contributed by atoms with E-state index in [4.69, 9.17) is 5.11 Å². The van der Waals surface area contributed by atoms with Crippen molar-refractivity contribution in [2.45, 2.75) is 34.6 Å². The zero-order valence-corrected chi connectivity index (χ0v) is 15.0. The molecule has 0 aliphatic carbocycles. The molecule has 0 saturated heterocycles. The minimum atomic E-state index is -0.181. The minimum Gasteiger partial charge on any atom is -0.371 e. The van der Waals surface area contributed by atoms with E-state index in [-0.39, 0.29) is 12.6 Å². The number of carbonyl (C=O) groups is 1. The van der Waals surface area contributed by atoms with Crippen LogP contribution in [-0.4, -0.2) is 24.8 Å². The molecule has 0 spiro atoms. The summed E-state index contributed by atoms with van der Waals surface area (Å²) in [7, 11) is 1.43. The van der Waals surface area contributed by atoms with Crippen molar-refractivity contribution < 1.29 is 14.6 Å². The number of ketones is 1. The molecule has 0 atom stereocenters. The fourth-order valence-electron chi connectivity index (χ4n) is 2.27. The first-order valence-corrected chi connectivity index (χ1v) is 7.53. The Morgan fingerprint density at radius 1 is 0.957 bits per heavy atom. The lowest BCUT2D eigenvalue weighted by Crippen LogP contribution is -2.00. The van der Waals surface area contributed by atoms with E-state index in [0.29, 0.717) is 0 Å². The molecule has 0 unspecified atom stereocenters. The molecule has 0 amide bonds. The molecule has 0 radical (unpaired) electrons. The highest BCUT2D eigenvalue weighted by atomic mass is 16.6. The van der Waals surface area contributed by atoms with Crippen LogP contribution in [0.15, 0.2) is 42.5 Å². The quantitative estimate of drug-likeness (QED) is 0.660. The fraction of sp³-hybridized carbons (Fsp3) is 0.350. The fourth-order valence-corrected chi connectivity index (χ4v) is 2.27. The number of rotatable bonds is 2. The lowest BCUT2D eigenvalue weighted by molar-refractivity contribution is 0.0325. The van der Waals surface area contributed by atoms with Crippen molar-refractivity contribution in [1.82, 2.24) is 0 Å². The standard InChI is InChI=1S/C11H14O.C7H8.C2H6O2/c1-7-5-8(2)11(10(4)12)9(3)6-7;1-7-5-3-2-4-6-7;1-4-2-3/h5-6H,1-4H3;2-6H,1H3;3H,2H2,1H3. The number of hydrogen-bond acceptors (Lipinski definition) is 3. The van der Waals surface area contributed by atoms with Gasteiger partial charge in [-0.1, -0.05) is 53.6 Å². The van der Waals surface area contributed by atoms with Gasteiger partial charge in [-0.3, -0.25) is 4.79 Å². The number of Topliss-reactive ketones (excluding diaryl/α,β-unsaturated/α-hetero) is 1.